The Hall–Kier alpha value is -0.791. The molecule has 1 heterocycles. The van der Waals surface area contributed by atoms with E-state index in [4.69, 9.17) is 5.11 Å². The van der Waals surface area contributed by atoms with Gasteiger partial charge in [-0.15, -0.1) is 0 Å². The molecule has 1 aromatic heterocycles. The van der Waals surface area contributed by atoms with Crippen LogP contribution in [0.15, 0.2) is 6.33 Å². The van der Waals surface area contributed by atoms with Crippen LogP contribution in [0.25, 0.3) is 0 Å². The fourth-order valence-electron chi connectivity index (χ4n) is 0.837. The molecule has 1 rings (SSSR count). The van der Waals surface area contributed by atoms with Crippen LogP contribution in [0.2, 0.25) is 0 Å². The Balaban J connectivity index is 3.33. The third kappa shape index (κ3) is 2.61. The topological polar surface area (TPSA) is 106 Å². The molecule has 0 unspecified atom stereocenters. The Morgan fingerprint density at radius 2 is 2.07 bits per heavy atom. The molecule has 0 aliphatic rings. The van der Waals surface area contributed by atoms with Crippen LogP contribution in [0.5, 0.6) is 0 Å². The average molecular weight is 367 g/mol. The molecule has 0 amide bonds. The van der Waals surface area contributed by atoms with Gasteiger partial charge in [-0.2, -0.15) is 0 Å². The van der Waals surface area contributed by atoms with Crippen LogP contribution in [0.3, 0.4) is 0 Å². The quantitative estimate of drug-likeness (QED) is 0.445. The van der Waals surface area contributed by atoms with Gasteiger partial charge in [0, 0.05) is 0 Å². The van der Waals surface area contributed by atoms with E-state index < -0.39 is 11.3 Å². The van der Waals surface area contributed by atoms with Gasteiger partial charge in [0.1, 0.15) is 0 Å². The summed E-state index contributed by atoms with van der Waals surface area (Å²) in [5.74, 6) is -1.31. The second-order valence-electron chi connectivity index (χ2n) is 2.35. The summed E-state index contributed by atoms with van der Waals surface area (Å²) >= 11 is 2.30. The van der Waals surface area contributed by atoms with Gasteiger partial charge < -0.3 is 0 Å². The van der Waals surface area contributed by atoms with E-state index in [1.165, 1.54) is 0 Å². The van der Waals surface area contributed by atoms with E-state index in [1.54, 1.807) is 0 Å². The first kappa shape index (κ1) is 12.3. The van der Waals surface area contributed by atoms with Gasteiger partial charge >= 0.3 is 116 Å². The number of carboxylic acids is 1. The van der Waals surface area contributed by atoms with Crippen molar-refractivity contribution < 1.29 is 58.9 Å². The molecule has 0 saturated carbocycles. The number of nitro groups is 1. The van der Waals surface area contributed by atoms with Crippen molar-refractivity contribution in [1.82, 2.24) is 9.97 Å². The molecule has 15 heavy (non-hydrogen) atoms. The van der Waals surface area contributed by atoms with E-state index in [0.717, 1.165) is 6.33 Å². The van der Waals surface area contributed by atoms with Crippen LogP contribution in [0.1, 0.15) is 21.7 Å². The first-order chi connectivity index (χ1) is 6.95. The SMILES string of the molecule is [CH2-]c1c(C(=O)O)ncnc1[C](=[Yb])[N+](=O)[O-]. The van der Waals surface area contributed by atoms with Gasteiger partial charge in [-0.1, -0.05) is 0 Å². The minimum absolute atomic E-state index is 0.0910. The molecular formula is C7H4N3O4Yb-. The minimum atomic E-state index is -1.31. The van der Waals surface area contributed by atoms with Crippen molar-refractivity contribution >= 4 is 6.33 Å². The van der Waals surface area contributed by atoms with E-state index in [1.807, 2.05) is 0 Å². The number of hydrogen-bond donors (Lipinski definition) is 1. The Morgan fingerprint density at radius 1 is 1.53 bits per heavy atom. The van der Waals surface area contributed by atoms with Crippen molar-refractivity contribution in [3.8, 4) is 0 Å². The summed E-state index contributed by atoms with van der Waals surface area (Å²) in [6.45, 7) is 3.39. The fraction of sp³-hybridized carbons (Fsp3) is 0. The van der Waals surface area contributed by atoms with Crippen molar-refractivity contribution in [2.75, 3.05) is 0 Å². The van der Waals surface area contributed by atoms with Crippen molar-refractivity contribution in [2.45, 2.75) is 0 Å². The molecule has 1 N–H and O–H groups in total. The maximum atomic E-state index is 10.6. The third-order valence-electron chi connectivity index (χ3n) is 1.46. The second kappa shape index (κ2) is 4.82. The fourth-order valence-corrected chi connectivity index (χ4v) is 1.21. The van der Waals surface area contributed by atoms with Gasteiger partial charge in [0.25, 0.3) is 0 Å². The van der Waals surface area contributed by atoms with Crippen molar-refractivity contribution in [3.63, 3.8) is 0 Å². The Kier molecular flexibility index (Phi) is 3.95. The van der Waals surface area contributed by atoms with Crippen LogP contribution < -0.4 is 0 Å². The van der Waals surface area contributed by atoms with Gasteiger partial charge in [0.15, 0.2) is 0 Å². The van der Waals surface area contributed by atoms with Crippen LogP contribution >= 0.6 is 0 Å². The van der Waals surface area contributed by atoms with Crippen LogP contribution in [0.4, 0.5) is 0 Å². The monoisotopic (exact) mass is 368 g/mol. The molecular weight excluding hydrogens is 363 g/mol. The normalized spacial score (nSPS) is 9.73. The Morgan fingerprint density at radius 3 is 2.53 bits per heavy atom. The molecule has 0 radical (unpaired) electrons. The number of aromatic carboxylic acids is 1. The molecule has 0 spiro atoms. The molecule has 8 heteroatoms. The molecule has 0 saturated heterocycles. The van der Waals surface area contributed by atoms with E-state index >= 15 is 0 Å². The zero-order valence-electron chi connectivity index (χ0n) is 7.07. The zero-order chi connectivity index (χ0) is 11.6. The first-order valence-electron chi connectivity index (χ1n) is 3.47. The molecule has 0 atom stereocenters. The number of nitrogens with zero attached hydrogens (tertiary/aromatic N) is 3. The molecule has 0 aliphatic carbocycles. The van der Waals surface area contributed by atoms with Crippen molar-refractivity contribution in [3.05, 3.63) is 40.3 Å². The number of carboxylic acid groups (broad SMARTS) is 1. The number of rotatable bonds is 3. The molecule has 1 aromatic rings. The van der Waals surface area contributed by atoms with Crippen molar-refractivity contribution in [2.24, 2.45) is 0 Å². The summed E-state index contributed by atoms with van der Waals surface area (Å²) in [6.07, 6.45) is 0.937. The summed E-state index contributed by atoms with van der Waals surface area (Å²) in [7, 11) is 0. The molecule has 0 fully saturated rings. The second-order valence-corrected chi connectivity index (χ2v) is 3.16. The van der Waals surface area contributed by atoms with Crippen LogP contribution in [-0.4, -0.2) is 26.3 Å². The molecule has 0 aliphatic heterocycles. The first-order valence-corrected chi connectivity index (χ1v) is 4.32. The summed E-state index contributed by atoms with van der Waals surface area (Å²) in [6, 6.07) is 0. The third-order valence-corrected chi connectivity index (χ3v) is 2.18. The predicted molar refractivity (Wildman–Crippen MR) is 44.6 cm³/mol. The van der Waals surface area contributed by atoms with Crippen LogP contribution in [0, 0.1) is 61.1 Å². The molecule has 7 nitrogen and oxygen atoms in total. The van der Waals surface area contributed by atoms with E-state index in [-0.39, 0.29) is 17.0 Å². The Bertz CT molecular complexity index is 460. The summed E-state index contributed by atoms with van der Waals surface area (Å²) in [5.41, 5.74) is -0.570. The number of hydrogen-bond acceptors (Lipinski definition) is 5. The maximum absolute atomic E-state index is 10.6. The van der Waals surface area contributed by atoms with Gasteiger partial charge in [-0.25, -0.2) is 0 Å². The molecule has 86 valence electrons. The van der Waals surface area contributed by atoms with E-state index in [9.17, 15) is 14.9 Å². The van der Waals surface area contributed by atoms with E-state index in [2.05, 4.69) is 61.0 Å². The summed E-state index contributed by atoms with van der Waals surface area (Å²) < 4.78 is -0.398. The number of aromatic nitrogens is 2. The molecule has 0 aromatic carbocycles. The van der Waals surface area contributed by atoms with Gasteiger partial charge in [-0.05, 0) is 0 Å². The van der Waals surface area contributed by atoms with Crippen LogP contribution in [-0.2, 0) is 0 Å². The summed E-state index contributed by atoms with van der Waals surface area (Å²) in [4.78, 5) is 27.4. The average Bonchev–Trinajstić information content (AvgIpc) is 2.16. The zero-order valence-corrected chi connectivity index (χ0v) is 8.78. The van der Waals surface area contributed by atoms with Crippen molar-refractivity contribution in [1.29, 1.82) is 0 Å². The molecule has 0 bridgehead atoms. The number of carbonyl (C=O) groups is 1. The summed E-state index contributed by atoms with van der Waals surface area (Å²) in [5, 5.41) is 19.1. The Labute approximate surface area is 114 Å². The van der Waals surface area contributed by atoms with Gasteiger partial charge in [-0.3, -0.25) is 0 Å². The standard InChI is InChI=1S/C7H4N3O4.Yb/c1-4-5(2-10(13)14)8-3-9-6(4)7(11)12;/h3H,1H2,(H,11,12);/q-1;. The van der Waals surface area contributed by atoms with Gasteiger partial charge in [0.2, 0.25) is 0 Å². The van der Waals surface area contributed by atoms with Gasteiger partial charge in [0.05, 0.1) is 0 Å². The predicted octanol–water partition coefficient (Wildman–Crippen LogP) is -0.339. The van der Waals surface area contributed by atoms with E-state index in [0.29, 0.717) is 0 Å².